The highest BCUT2D eigenvalue weighted by atomic mass is 16.4. The van der Waals surface area contributed by atoms with Gasteiger partial charge in [0, 0.05) is 5.39 Å². The molecule has 2 aromatic heterocycles. The van der Waals surface area contributed by atoms with Crippen LogP contribution in [0.2, 0.25) is 0 Å². The van der Waals surface area contributed by atoms with E-state index in [9.17, 15) is 14.7 Å². The Kier molecular flexibility index (Phi) is 2.77. The molecule has 0 unspecified atom stereocenters. The van der Waals surface area contributed by atoms with E-state index in [0.29, 0.717) is 16.3 Å². The predicted molar refractivity (Wildman–Crippen MR) is 85.5 cm³/mol. The Balaban J connectivity index is 2.04. The number of benzene rings is 2. The molecule has 6 nitrogen and oxygen atoms in total. The summed E-state index contributed by atoms with van der Waals surface area (Å²) in [6.07, 6.45) is 0. The third-order valence-corrected chi connectivity index (χ3v) is 3.61. The Morgan fingerprint density at radius 1 is 1.04 bits per heavy atom. The molecule has 23 heavy (non-hydrogen) atoms. The SMILES string of the molecule is O=c1oc2c(O)cccc2cc1-c1nc2ccccc2c(=O)[nH]1. The average Bonchev–Trinajstić information content (AvgIpc) is 2.55. The summed E-state index contributed by atoms with van der Waals surface area (Å²) in [5.74, 6) is 0.0128. The molecular weight excluding hydrogens is 296 g/mol. The number of phenols is 1. The maximum atomic E-state index is 12.2. The van der Waals surface area contributed by atoms with Crippen molar-refractivity contribution in [1.29, 1.82) is 0 Å². The smallest absolute Gasteiger partial charge is 0.347 e. The molecule has 0 saturated heterocycles. The van der Waals surface area contributed by atoms with Crippen LogP contribution in [0.1, 0.15) is 0 Å². The normalized spacial score (nSPS) is 11.1. The van der Waals surface area contributed by atoms with Crippen LogP contribution < -0.4 is 11.2 Å². The van der Waals surface area contributed by atoms with E-state index in [0.717, 1.165) is 0 Å². The molecule has 0 aliphatic carbocycles. The van der Waals surface area contributed by atoms with Gasteiger partial charge in [0.25, 0.3) is 5.56 Å². The van der Waals surface area contributed by atoms with Crippen molar-refractivity contribution in [1.82, 2.24) is 9.97 Å². The molecule has 6 heteroatoms. The third kappa shape index (κ3) is 2.08. The zero-order chi connectivity index (χ0) is 16.0. The molecule has 0 aliphatic rings. The van der Waals surface area contributed by atoms with Crippen molar-refractivity contribution in [2.45, 2.75) is 0 Å². The van der Waals surface area contributed by atoms with Gasteiger partial charge in [-0.3, -0.25) is 4.79 Å². The fraction of sp³-hybridized carbons (Fsp3) is 0. The molecule has 2 aromatic carbocycles. The van der Waals surface area contributed by atoms with Gasteiger partial charge in [-0.1, -0.05) is 24.3 Å². The summed E-state index contributed by atoms with van der Waals surface area (Å²) < 4.78 is 5.16. The quantitative estimate of drug-likeness (QED) is 0.526. The average molecular weight is 306 g/mol. The topological polar surface area (TPSA) is 96.2 Å². The molecule has 0 bridgehead atoms. The lowest BCUT2D eigenvalue weighted by atomic mass is 10.1. The van der Waals surface area contributed by atoms with Crippen molar-refractivity contribution in [3.8, 4) is 17.1 Å². The molecular formula is C17H10N2O4. The number of aromatic hydroxyl groups is 1. The van der Waals surface area contributed by atoms with Gasteiger partial charge < -0.3 is 14.5 Å². The van der Waals surface area contributed by atoms with Crippen molar-refractivity contribution in [3.05, 3.63) is 69.3 Å². The first-order chi connectivity index (χ1) is 11.1. The monoisotopic (exact) mass is 306 g/mol. The van der Waals surface area contributed by atoms with Gasteiger partial charge in [-0.25, -0.2) is 9.78 Å². The number of aromatic amines is 1. The fourth-order valence-corrected chi connectivity index (χ4v) is 2.51. The number of hydrogen-bond acceptors (Lipinski definition) is 5. The van der Waals surface area contributed by atoms with Crippen LogP contribution in [0.5, 0.6) is 5.75 Å². The molecule has 0 fully saturated rings. The predicted octanol–water partition coefficient (Wildman–Crippen LogP) is 2.40. The van der Waals surface area contributed by atoms with Gasteiger partial charge in [0.05, 0.1) is 10.9 Å². The highest BCUT2D eigenvalue weighted by Gasteiger charge is 2.13. The van der Waals surface area contributed by atoms with Gasteiger partial charge >= 0.3 is 5.63 Å². The molecule has 0 aliphatic heterocycles. The molecule has 4 rings (SSSR count). The van der Waals surface area contributed by atoms with Crippen LogP contribution in [0.25, 0.3) is 33.3 Å². The summed E-state index contributed by atoms with van der Waals surface area (Å²) >= 11 is 0. The largest absolute Gasteiger partial charge is 0.504 e. The summed E-state index contributed by atoms with van der Waals surface area (Å²) in [7, 11) is 0. The summed E-state index contributed by atoms with van der Waals surface area (Å²) in [6, 6.07) is 13.2. The Morgan fingerprint density at radius 2 is 1.87 bits per heavy atom. The van der Waals surface area contributed by atoms with E-state index in [1.807, 2.05) is 0 Å². The van der Waals surface area contributed by atoms with E-state index >= 15 is 0 Å². The number of hydrogen-bond donors (Lipinski definition) is 2. The van der Waals surface area contributed by atoms with E-state index in [1.165, 1.54) is 12.1 Å². The van der Waals surface area contributed by atoms with E-state index in [2.05, 4.69) is 9.97 Å². The minimum Gasteiger partial charge on any atom is -0.504 e. The number of nitrogens with one attached hydrogen (secondary N) is 1. The number of aromatic nitrogens is 2. The third-order valence-electron chi connectivity index (χ3n) is 3.61. The van der Waals surface area contributed by atoms with Crippen molar-refractivity contribution >= 4 is 21.9 Å². The lowest BCUT2D eigenvalue weighted by Gasteiger charge is -2.04. The summed E-state index contributed by atoms with van der Waals surface area (Å²) in [6.45, 7) is 0. The maximum Gasteiger partial charge on any atom is 0.347 e. The standard InChI is InChI=1S/C17H10N2O4/c20-13-7-3-4-9-8-11(17(22)23-14(9)13)15-18-12-6-2-1-5-10(12)16(21)19-15/h1-8,20H,(H,18,19,21). The number of phenolic OH excluding ortho intramolecular Hbond substituents is 1. The molecule has 2 N–H and O–H groups in total. The van der Waals surface area contributed by atoms with Gasteiger partial charge in [0.1, 0.15) is 11.4 Å². The van der Waals surface area contributed by atoms with Crippen molar-refractivity contribution < 1.29 is 9.52 Å². The summed E-state index contributed by atoms with van der Waals surface area (Å²) in [4.78, 5) is 31.2. The minimum absolute atomic E-state index is 0.101. The van der Waals surface area contributed by atoms with Gasteiger partial charge in [-0.15, -0.1) is 0 Å². The van der Waals surface area contributed by atoms with Crippen LogP contribution in [-0.2, 0) is 0 Å². The molecule has 0 amide bonds. The van der Waals surface area contributed by atoms with Crippen molar-refractivity contribution in [2.24, 2.45) is 0 Å². The molecule has 112 valence electrons. The van der Waals surface area contributed by atoms with Crippen LogP contribution in [0.4, 0.5) is 0 Å². The number of nitrogens with zero attached hydrogens (tertiary/aromatic N) is 1. The highest BCUT2D eigenvalue weighted by Crippen LogP contribution is 2.25. The molecule has 0 saturated carbocycles. The Labute approximate surface area is 128 Å². The summed E-state index contributed by atoms with van der Waals surface area (Å²) in [5.41, 5.74) is -0.296. The van der Waals surface area contributed by atoms with Gasteiger partial charge in [0.15, 0.2) is 11.3 Å². The van der Waals surface area contributed by atoms with Crippen molar-refractivity contribution in [3.63, 3.8) is 0 Å². The first-order valence-electron chi connectivity index (χ1n) is 6.89. The maximum absolute atomic E-state index is 12.2. The zero-order valence-electron chi connectivity index (χ0n) is 11.7. The molecule has 0 spiro atoms. The van der Waals surface area contributed by atoms with Crippen LogP contribution in [-0.4, -0.2) is 15.1 Å². The fourth-order valence-electron chi connectivity index (χ4n) is 2.51. The Bertz CT molecular complexity index is 1170. The van der Waals surface area contributed by atoms with Gasteiger partial charge in [0.2, 0.25) is 0 Å². The Hall–Kier alpha value is -3.41. The molecule has 4 aromatic rings. The number of fused-ring (bicyclic) bond motifs is 2. The van der Waals surface area contributed by atoms with Crippen LogP contribution >= 0.6 is 0 Å². The number of rotatable bonds is 1. The van der Waals surface area contributed by atoms with Crippen LogP contribution in [0, 0.1) is 0 Å². The first kappa shape index (κ1) is 13.3. The minimum atomic E-state index is -0.683. The zero-order valence-corrected chi connectivity index (χ0v) is 11.7. The molecule has 0 radical (unpaired) electrons. The van der Waals surface area contributed by atoms with Gasteiger partial charge in [-0.05, 0) is 24.3 Å². The van der Waals surface area contributed by atoms with Crippen LogP contribution in [0.15, 0.2) is 62.5 Å². The number of H-pyrrole nitrogens is 1. The molecule has 0 atom stereocenters. The second kappa shape index (κ2) is 4.81. The van der Waals surface area contributed by atoms with E-state index in [4.69, 9.17) is 4.42 Å². The highest BCUT2D eigenvalue weighted by molar-refractivity contribution is 5.86. The van der Waals surface area contributed by atoms with E-state index in [-0.39, 0.29) is 28.3 Å². The summed E-state index contributed by atoms with van der Waals surface area (Å²) in [5, 5.41) is 10.7. The second-order valence-corrected chi connectivity index (χ2v) is 5.07. The van der Waals surface area contributed by atoms with Gasteiger partial charge in [-0.2, -0.15) is 0 Å². The lowest BCUT2D eigenvalue weighted by molar-refractivity contribution is 0.457. The molecule has 2 heterocycles. The van der Waals surface area contributed by atoms with E-state index in [1.54, 1.807) is 36.4 Å². The van der Waals surface area contributed by atoms with Crippen molar-refractivity contribution in [2.75, 3.05) is 0 Å². The lowest BCUT2D eigenvalue weighted by Crippen LogP contribution is -2.13. The second-order valence-electron chi connectivity index (χ2n) is 5.07. The number of para-hydroxylation sites is 2. The van der Waals surface area contributed by atoms with E-state index < -0.39 is 5.63 Å². The first-order valence-corrected chi connectivity index (χ1v) is 6.89. The van der Waals surface area contributed by atoms with Crippen LogP contribution in [0.3, 0.4) is 0 Å². The Morgan fingerprint density at radius 3 is 2.74 bits per heavy atom.